The van der Waals surface area contributed by atoms with Crippen molar-refractivity contribution < 1.29 is 9.59 Å². The van der Waals surface area contributed by atoms with Crippen molar-refractivity contribution >= 4 is 11.9 Å². The van der Waals surface area contributed by atoms with Crippen LogP contribution in [0.15, 0.2) is 30.3 Å². The third kappa shape index (κ3) is 2.33. The number of carbonyl (C=O) groups excluding carboxylic acids is 2. The van der Waals surface area contributed by atoms with Crippen molar-refractivity contribution in [2.24, 2.45) is 0 Å². The van der Waals surface area contributed by atoms with Gasteiger partial charge < -0.3 is 5.32 Å². The van der Waals surface area contributed by atoms with Gasteiger partial charge in [0.2, 0.25) is 0 Å². The molecule has 1 aromatic rings. The molecule has 2 N–H and O–H groups in total. The van der Waals surface area contributed by atoms with Gasteiger partial charge in [-0.3, -0.25) is 10.1 Å². The fourth-order valence-electron chi connectivity index (χ4n) is 3.99. The van der Waals surface area contributed by atoms with Crippen LogP contribution in [0.2, 0.25) is 0 Å². The summed E-state index contributed by atoms with van der Waals surface area (Å²) in [5.41, 5.74) is 0.851. The Hall–Kier alpha value is -1.84. The first kappa shape index (κ1) is 14.1. The maximum Gasteiger partial charge on any atom is 0.322 e. The second kappa shape index (κ2) is 5.17. The number of amides is 3. The van der Waals surface area contributed by atoms with E-state index in [1.165, 1.54) is 5.56 Å². The molecule has 0 atom stereocenters. The van der Waals surface area contributed by atoms with E-state index in [4.69, 9.17) is 0 Å². The number of benzene rings is 1. The van der Waals surface area contributed by atoms with E-state index in [-0.39, 0.29) is 17.4 Å². The predicted octanol–water partition coefficient (Wildman–Crippen LogP) is 2.88. The van der Waals surface area contributed by atoms with Crippen molar-refractivity contribution in [1.29, 1.82) is 0 Å². The van der Waals surface area contributed by atoms with Gasteiger partial charge in [-0.1, -0.05) is 43.7 Å². The molecule has 1 saturated heterocycles. The van der Waals surface area contributed by atoms with Crippen molar-refractivity contribution in [3.63, 3.8) is 0 Å². The minimum atomic E-state index is -0.664. The molecule has 1 saturated carbocycles. The first-order chi connectivity index (χ1) is 10.1. The molecule has 0 radical (unpaired) electrons. The lowest BCUT2D eigenvalue weighted by molar-refractivity contribution is -0.125. The summed E-state index contributed by atoms with van der Waals surface area (Å²) in [6, 6.07) is 10.3. The Balaban J connectivity index is 1.84. The molecular weight excluding hydrogens is 264 g/mol. The molecule has 1 aliphatic carbocycles. The van der Waals surface area contributed by atoms with E-state index in [2.05, 4.69) is 41.8 Å². The average Bonchev–Trinajstić information content (AvgIpc) is 2.77. The minimum absolute atomic E-state index is 0.148. The van der Waals surface area contributed by atoms with Gasteiger partial charge in [-0.15, -0.1) is 0 Å². The highest BCUT2D eigenvalue weighted by Crippen LogP contribution is 2.46. The zero-order valence-corrected chi connectivity index (χ0v) is 12.4. The highest BCUT2D eigenvalue weighted by atomic mass is 16.2. The van der Waals surface area contributed by atoms with Gasteiger partial charge in [-0.25, -0.2) is 4.79 Å². The fraction of sp³-hybridized carbons (Fsp3) is 0.529. The number of carbonyl (C=O) groups is 2. The van der Waals surface area contributed by atoms with Crippen LogP contribution < -0.4 is 10.6 Å². The number of hydrogen-bond acceptors (Lipinski definition) is 2. The molecule has 4 nitrogen and oxygen atoms in total. The third-order valence-electron chi connectivity index (χ3n) is 5.19. The maximum atomic E-state index is 12.1. The molecule has 21 heavy (non-hydrogen) atoms. The molecule has 3 rings (SSSR count). The van der Waals surface area contributed by atoms with E-state index in [0.29, 0.717) is 0 Å². The quantitative estimate of drug-likeness (QED) is 0.839. The Labute approximate surface area is 125 Å². The van der Waals surface area contributed by atoms with E-state index >= 15 is 0 Å². The molecule has 112 valence electrons. The monoisotopic (exact) mass is 286 g/mol. The Morgan fingerprint density at radius 1 is 1.05 bits per heavy atom. The van der Waals surface area contributed by atoms with Gasteiger partial charge in [0, 0.05) is 0 Å². The Bertz CT molecular complexity index is 545. The average molecular weight is 286 g/mol. The van der Waals surface area contributed by atoms with Crippen LogP contribution in [0.5, 0.6) is 0 Å². The minimum Gasteiger partial charge on any atom is -0.323 e. The van der Waals surface area contributed by atoms with Crippen LogP contribution in [-0.4, -0.2) is 17.5 Å². The zero-order valence-electron chi connectivity index (χ0n) is 12.4. The molecule has 2 fully saturated rings. The van der Waals surface area contributed by atoms with Crippen LogP contribution in [0.1, 0.15) is 51.0 Å². The molecule has 0 aromatic heterocycles. The zero-order chi connectivity index (χ0) is 14.9. The summed E-state index contributed by atoms with van der Waals surface area (Å²) in [6.07, 6.45) is 5.58. The van der Waals surface area contributed by atoms with E-state index < -0.39 is 5.54 Å². The van der Waals surface area contributed by atoms with E-state index in [9.17, 15) is 9.59 Å². The lowest BCUT2D eigenvalue weighted by atomic mass is 9.62. The second-order valence-corrected chi connectivity index (χ2v) is 6.39. The SMILES string of the molecule is CCCC1(c2ccccc2)CCC2(CC1)NC(=O)NC2=O. The van der Waals surface area contributed by atoms with E-state index in [0.717, 1.165) is 38.5 Å². The Kier molecular flexibility index (Phi) is 3.47. The first-order valence-electron chi connectivity index (χ1n) is 7.79. The lowest BCUT2D eigenvalue weighted by Gasteiger charge is -2.44. The number of nitrogens with one attached hydrogen (secondary N) is 2. The fourth-order valence-corrected chi connectivity index (χ4v) is 3.99. The summed E-state index contributed by atoms with van der Waals surface area (Å²) in [6.45, 7) is 2.21. The molecule has 2 aliphatic rings. The lowest BCUT2D eigenvalue weighted by Crippen LogP contribution is -2.52. The topological polar surface area (TPSA) is 58.2 Å². The molecule has 1 heterocycles. The number of urea groups is 1. The molecule has 1 aliphatic heterocycles. The van der Waals surface area contributed by atoms with Crippen LogP contribution in [0.4, 0.5) is 4.79 Å². The highest BCUT2D eigenvalue weighted by molar-refractivity contribution is 6.07. The van der Waals surface area contributed by atoms with Crippen LogP contribution in [-0.2, 0) is 10.2 Å². The first-order valence-corrected chi connectivity index (χ1v) is 7.79. The maximum absolute atomic E-state index is 12.1. The van der Waals surface area contributed by atoms with E-state index in [1.54, 1.807) is 0 Å². The van der Waals surface area contributed by atoms with Crippen LogP contribution in [0.3, 0.4) is 0 Å². The van der Waals surface area contributed by atoms with Gasteiger partial charge in [0.1, 0.15) is 5.54 Å². The summed E-state index contributed by atoms with van der Waals surface area (Å²) in [5.74, 6) is -0.148. The predicted molar refractivity (Wildman–Crippen MR) is 80.9 cm³/mol. The molecule has 4 heteroatoms. The molecule has 1 spiro atoms. The number of hydrogen-bond donors (Lipinski definition) is 2. The van der Waals surface area contributed by atoms with Gasteiger partial charge in [0.25, 0.3) is 5.91 Å². The number of imide groups is 1. The van der Waals surface area contributed by atoms with Crippen molar-refractivity contribution in [2.75, 3.05) is 0 Å². The van der Waals surface area contributed by atoms with Crippen molar-refractivity contribution in [3.05, 3.63) is 35.9 Å². The second-order valence-electron chi connectivity index (χ2n) is 6.39. The van der Waals surface area contributed by atoms with Crippen molar-refractivity contribution in [2.45, 2.75) is 56.4 Å². The normalized spacial score (nSPS) is 32.0. The summed E-state index contributed by atoms with van der Waals surface area (Å²) in [5, 5.41) is 5.24. The standard InChI is InChI=1S/C17H22N2O2/c1-2-8-16(13-6-4-3-5-7-13)9-11-17(12-10-16)14(20)18-15(21)19-17/h3-7H,2,8-12H2,1H3,(H2,18,19,20,21). The molecule has 1 aromatic carbocycles. The van der Waals surface area contributed by atoms with Gasteiger partial charge in [0.05, 0.1) is 0 Å². The van der Waals surface area contributed by atoms with E-state index in [1.807, 2.05) is 6.07 Å². The summed E-state index contributed by atoms with van der Waals surface area (Å²) in [4.78, 5) is 23.5. The largest absolute Gasteiger partial charge is 0.323 e. The third-order valence-corrected chi connectivity index (χ3v) is 5.19. The Morgan fingerprint density at radius 3 is 2.24 bits per heavy atom. The van der Waals surface area contributed by atoms with Gasteiger partial charge in [0.15, 0.2) is 0 Å². The molecule has 0 unspecified atom stereocenters. The van der Waals surface area contributed by atoms with Crippen LogP contribution in [0, 0.1) is 0 Å². The smallest absolute Gasteiger partial charge is 0.322 e. The highest BCUT2D eigenvalue weighted by Gasteiger charge is 2.51. The molecule has 3 amide bonds. The summed E-state index contributed by atoms with van der Waals surface area (Å²) >= 11 is 0. The Morgan fingerprint density at radius 2 is 1.71 bits per heavy atom. The van der Waals surface area contributed by atoms with Gasteiger partial charge in [-0.05, 0) is 43.1 Å². The molecular formula is C17H22N2O2. The summed E-state index contributed by atoms with van der Waals surface area (Å²) < 4.78 is 0. The van der Waals surface area contributed by atoms with Gasteiger partial charge in [-0.2, -0.15) is 0 Å². The van der Waals surface area contributed by atoms with Crippen LogP contribution in [0.25, 0.3) is 0 Å². The van der Waals surface area contributed by atoms with Crippen molar-refractivity contribution in [3.8, 4) is 0 Å². The van der Waals surface area contributed by atoms with Crippen LogP contribution >= 0.6 is 0 Å². The summed E-state index contributed by atoms with van der Waals surface area (Å²) in [7, 11) is 0. The van der Waals surface area contributed by atoms with Gasteiger partial charge >= 0.3 is 6.03 Å². The van der Waals surface area contributed by atoms with Crippen molar-refractivity contribution in [1.82, 2.24) is 10.6 Å². The molecule has 0 bridgehead atoms. The number of rotatable bonds is 3.